The van der Waals surface area contributed by atoms with E-state index in [4.69, 9.17) is 9.47 Å². The van der Waals surface area contributed by atoms with Crippen LogP contribution in [-0.2, 0) is 24.5 Å². The summed E-state index contributed by atoms with van der Waals surface area (Å²) < 4.78 is 12.8. The number of amides is 4. The van der Waals surface area contributed by atoms with Gasteiger partial charge in [0.25, 0.3) is 0 Å². The number of rotatable bonds is 10. The molecule has 3 saturated heterocycles. The summed E-state index contributed by atoms with van der Waals surface area (Å²) in [5.41, 5.74) is 0.522. The molecule has 1 saturated carbocycles. The minimum atomic E-state index is -2.05. The van der Waals surface area contributed by atoms with Crippen LogP contribution in [0.1, 0.15) is 103 Å². The van der Waals surface area contributed by atoms with Crippen molar-refractivity contribution in [3.8, 4) is 17.6 Å². The molecular weight excluding hydrogens is 959 g/mol. The second-order valence-corrected chi connectivity index (χ2v) is 20.4. The minimum absolute atomic E-state index is 0.0224. The lowest BCUT2D eigenvalue weighted by Gasteiger charge is -2.46. The topological polar surface area (TPSA) is 178 Å². The van der Waals surface area contributed by atoms with Crippen LogP contribution in [0.15, 0.2) is 152 Å². The molecule has 15 heteroatoms. The van der Waals surface area contributed by atoms with Gasteiger partial charge in [-0.2, -0.15) is 0 Å². The maximum absolute atomic E-state index is 17.0. The van der Waals surface area contributed by atoms with Crippen molar-refractivity contribution in [3.63, 3.8) is 0 Å². The zero-order chi connectivity index (χ0) is 52.4. The van der Waals surface area contributed by atoms with E-state index in [0.717, 1.165) is 41.7 Å². The predicted octanol–water partition coefficient (Wildman–Crippen LogP) is 7.77. The largest absolute Gasteiger partial charge is 0.491 e. The van der Waals surface area contributed by atoms with Crippen LogP contribution in [0.2, 0.25) is 0 Å². The number of nitrogens with zero attached hydrogens (tertiary/aromatic N) is 6. The summed E-state index contributed by atoms with van der Waals surface area (Å²) in [6.07, 6.45) is 7.10. The van der Waals surface area contributed by atoms with Crippen LogP contribution in [0.4, 0.5) is 16.4 Å². The van der Waals surface area contributed by atoms with E-state index in [1.54, 1.807) is 59.8 Å². The zero-order valence-corrected chi connectivity index (χ0v) is 42.4. The number of fused-ring (bicyclic) bond motifs is 3. The Morgan fingerprint density at radius 1 is 0.776 bits per heavy atom. The molecule has 0 unspecified atom stereocenters. The first-order chi connectivity index (χ1) is 37.1. The molecule has 388 valence electrons. The van der Waals surface area contributed by atoms with Crippen LogP contribution in [0, 0.1) is 17.8 Å². The summed E-state index contributed by atoms with van der Waals surface area (Å²) in [5, 5.41) is 24.9. The highest BCUT2D eigenvalue weighted by Crippen LogP contribution is 2.66. The molecule has 1 aliphatic carbocycles. The van der Waals surface area contributed by atoms with Gasteiger partial charge < -0.3 is 34.8 Å². The Labute approximate surface area is 442 Å². The summed E-state index contributed by atoms with van der Waals surface area (Å²) in [6, 6.07) is 38.1. The van der Waals surface area contributed by atoms with E-state index in [2.05, 4.69) is 27.1 Å². The Kier molecular flexibility index (Phi) is 14.1. The van der Waals surface area contributed by atoms with Gasteiger partial charge in [-0.3, -0.25) is 19.3 Å². The first-order valence-electron chi connectivity index (χ1n) is 26.4. The van der Waals surface area contributed by atoms with Crippen molar-refractivity contribution < 1.29 is 38.9 Å². The molecular formula is C61H61N7O8. The predicted molar refractivity (Wildman–Crippen MR) is 285 cm³/mol. The van der Waals surface area contributed by atoms with E-state index < -0.39 is 71.0 Å². The van der Waals surface area contributed by atoms with Crippen molar-refractivity contribution in [2.24, 2.45) is 5.92 Å². The Morgan fingerprint density at radius 2 is 1.43 bits per heavy atom. The number of morpholine rings is 1. The summed E-state index contributed by atoms with van der Waals surface area (Å²) >= 11 is 0. The number of esters is 1. The lowest BCUT2D eigenvalue weighted by molar-refractivity contribution is -0.179. The van der Waals surface area contributed by atoms with E-state index in [0.29, 0.717) is 59.9 Å². The van der Waals surface area contributed by atoms with Crippen molar-refractivity contribution in [3.05, 3.63) is 185 Å². The number of carbonyl (C=O) groups is 4. The van der Waals surface area contributed by atoms with E-state index in [1.165, 1.54) is 0 Å². The highest BCUT2D eigenvalue weighted by Gasteiger charge is 2.76. The molecule has 5 aromatic carbocycles. The monoisotopic (exact) mass is 1020 g/mol. The van der Waals surface area contributed by atoms with Gasteiger partial charge in [0, 0.05) is 44.1 Å². The highest BCUT2D eigenvalue weighted by atomic mass is 16.6. The van der Waals surface area contributed by atoms with Crippen LogP contribution in [-0.4, -0.2) is 105 Å². The van der Waals surface area contributed by atoms with E-state index in [9.17, 15) is 10.2 Å². The number of ether oxygens (including phenoxy) is 2. The number of aromatic nitrogens is 2. The fourth-order valence-electron chi connectivity index (χ4n) is 12.4. The van der Waals surface area contributed by atoms with Crippen molar-refractivity contribution in [2.75, 3.05) is 49.2 Å². The molecule has 3 N–H and O–H groups in total. The first-order valence-corrected chi connectivity index (χ1v) is 26.4. The molecule has 1 spiro atoms. The number of urea groups is 1. The SMILES string of the molecule is C[C@@H](NC(=O)N1C(=O)[C@@]2(c3cc(C#CC4(O)CCCCCC4)ccc31)[C@H](C(=O)N1CCN(c3ncccn3)CC1)[C@H]1C(=O)O[C@H](c3ccccc3)[C@H](c3ccccc3)N1[C@@H]2c1cccc(OCCO)c1)c1ccccc1. The van der Waals surface area contributed by atoms with Crippen LogP contribution < -0.4 is 19.9 Å². The molecule has 6 aromatic rings. The van der Waals surface area contributed by atoms with E-state index in [-0.39, 0.29) is 32.0 Å². The maximum Gasteiger partial charge on any atom is 0.329 e. The molecule has 4 fully saturated rings. The zero-order valence-electron chi connectivity index (χ0n) is 42.4. The van der Waals surface area contributed by atoms with Gasteiger partial charge in [-0.15, -0.1) is 0 Å². The van der Waals surface area contributed by atoms with Gasteiger partial charge in [0.15, 0.2) is 0 Å². The quantitative estimate of drug-likeness (QED) is 0.0691. The normalized spacial score (nSPS) is 24.4. The number of nitrogens with one attached hydrogen (secondary N) is 1. The number of imide groups is 1. The number of benzene rings is 5. The van der Waals surface area contributed by atoms with E-state index >= 15 is 19.2 Å². The maximum atomic E-state index is 17.0. The number of anilines is 2. The Hall–Kier alpha value is -7.90. The second-order valence-electron chi connectivity index (χ2n) is 20.4. The molecule has 7 atom stereocenters. The number of piperazine rings is 1. The Bertz CT molecular complexity index is 3140. The number of cyclic esters (lactones) is 1. The number of carbonyl (C=O) groups excluding carboxylic acids is 4. The van der Waals surface area contributed by atoms with Crippen molar-refractivity contribution in [2.45, 2.75) is 86.7 Å². The summed E-state index contributed by atoms with van der Waals surface area (Å²) in [4.78, 5) is 80.5. The first kappa shape index (κ1) is 50.3. The fraction of sp³-hybridized carbons (Fsp3) is 0.344. The van der Waals surface area contributed by atoms with Crippen LogP contribution in [0.25, 0.3) is 0 Å². The number of hydrogen-bond donors (Lipinski definition) is 3. The molecule has 0 radical (unpaired) electrons. The van der Waals surface area contributed by atoms with Gasteiger partial charge in [-0.1, -0.05) is 128 Å². The van der Waals surface area contributed by atoms with Gasteiger partial charge in [0.2, 0.25) is 17.8 Å². The second kappa shape index (κ2) is 21.4. The third-order valence-corrected chi connectivity index (χ3v) is 15.9. The van der Waals surface area contributed by atoms with Gasteiger partial charge in [-0.05, 0) is 96.8 Å². The van der Waals surface area contributed by atoms with Crippen LogP contribution in [0.3, 0.4) is 0 Å². The molecule has 1 aromatic heterocycles. The van der Waals surface area contributed by atoms with Gasteiger partial charge >= 0.3 is 12.0 Å². The van der Waals surface area contributed by atoms with Crippen molar-refractivity contribution in [1.82, 2.24) is 25.1 Å². The number of aliphatic hydroxyl groups excluding tert-OH is 1. The Balaban J connectivity index is 1.17. The minimum Gasteiger partial charge on any atom is -0.491 e. The standard InChI is InChI=1S/C61H61N7O8/c1-41(43-17-7-4-8-18-43)64-59(73)67-49-26-25-42(27-30-60(74)28-13-2-3-14-29-60)39-48(49)61(57(67)72)50(55(70)65-33-35-66(36-34-65)58-62-31-16-32-63-58)52-56(71)76-53(45-21-11-6-12-22-45)51(44-19-9-5-10-20-44)68(52)54(61)46-23-15-24-47(40-46)75-38-37-69/h4-12,15-26,31-32,39-41,50-54,69,74H,2-3,13-14,28-29,33-38H2,1H3,(H,64,73)/t41-,50+,51+,52+,53-,54-,61+/m1/s1. The van der Waals surface area contributed by atoms with Crippen molar-refractivity contribution in [1.29, 1.82) is 0 Å². The average molecular weight is 1020 g/mol. The lowest BCUT2D eigenvalue weighted by Crippen LogP contribution is -2.59. The molecule has 5 aliphatic rings. The molecule has 0 bridgehead atoms. The van der Waals surface area contributed by atoms with Crippen LogP contribution in [0.5, 0.6) is 5.75 Å². The smallest absolute Gasteiger partial charge is 0.329 e. The van der Waals surface area contributed by atoms with E-state index in [1.807, 2.05) is 114 Å². The summed E-state index contributed by atoms with van der Waals surface area (Å²) in [5.74, 6) is 4.02. The number of aliphatic hydroxyl groups is 2. The molecule has 11 rings (SSSR count). The molecule has 15 nitrogen and oxygen atoms in total. The summed E-state index contributed by atoms with van der Waals surface area (Å²) in [7, 11) is 0. The van der Waals surface area contributed by atoms with Gasteiger partial charge in [0.1, 0.15) is 35.5 Å². The van der Waals surface area contributed by atoms with Crippen LogP contribution >= 0.6 is 0 Å². The highest BCUT2D eigenvalue weighted by molar-refractivity contribution is 6.24. The average Bonchev–Trinajstić information content (AvgIpc) is 3.99. The fourth-order valence-corrected chi connectivity index (χ4v) is 12.4. The molecule has 5 heterocycles. The molecule has 4 amide bonds. The third-order valence-electron chi connectivity index (χ3n) is 15.9. The summed E-state index contributed by atoms with van der Waals surface area (Å²) in [6.45, 7) is 2.70. The molecule has 76 heavy (non-hydrogen) atoms. The third kappa shape index (κ3) is 9.24. The molecule has 4 aliphatic heterocycles. The van der Waals surface area contributed by atoms with Crippen molar-refractivity contribution >= 4 is 35.5 Å². The number of hydrogen-bond acceptors (Lipinski definition) is 12. The van der Waals surface area contributed by atoms with Gasteiger partial charge in [-0.25, -0.2) is 19.7 Å². The lowest BCUT2D eigenvalue weighted by atomic mass is 9.64. The Morgan fingerprint density at radius 3 is 2.12 bits per heavy atom. The van der Waals surface area contributed by atoms with Gasteiger partial charge in [0.05, 0.1) is 36.3 Å².